The van der Waals surface area contributed by atoms with Crippen LogP contribution in [0.5, 0.6) is 0 Å². The van der Waals surface area contributed by atoms with Gasteiger partial charge in [-0.05, 0) is 34.7 Å². The quantitative estimate of drug-likeness (QED) is 0.470. The minimum Gasteiger partial charge on any atom is -0.294 e. The van der Waals surface area contributed by atoms with Crippen molar-refractivity contribution in [2.45, 2.75) is 6.42 Å². The molecule has 72 valence electrons. The SMILES string of the molecule is N#Cc1ccc(C(=O)CCBr)cc1I. The second kappa shape index (κ2) is 5.47. The van der Waals surface area contributed by atoms with Crippen molar-refractivity contribution in [3.8, 4) is 6.07 Å². The monoisotopic (exact) mass is 363 g/mol. The van der Waals surface area contributed by atoms with Crippen molar-refractivity contribution in [2.75, 3.05) is 5.33 Å². The topological polar surface area (TPSA) is 40.9 Å². The van der Waals surface area contributed by atoms with Gasteiger partial charge in [-0.1, -0.05) is 22.0 Å². The number of hydrogen-bond acceptors (Lipinski definition) is 2. The van der Waals surface area contributed by atoms with Crippen LogP contribution in [0.2, 0.25) is 0 Å². The summed E-state index contributed by atoms with van der Waals surface area (Å²) in [4.78, 5) is 11.5. The zero-order chi connectivity index (χ0) is 10.6. The van der Waals surface area contributed by atoms with Crippen LogP contribution in [0.3, 0.4) is 0 Å². The number of carbonyl (C=O) groups excluding carboxylic acids is 1. The van der Waals surface area contributed by atoms with Crippen LogP contribution >= 0.6 is 38.5 Å². The van der Waals surface area contributed by atoms with Gasteiger partial charge in [0.2, 0.25) is 0 Å². The minimum absolute atomic E-state index is 0.101. The molecule has 1 aromatic rings. The van der Waals surface area contributed by atoms with Crippen molar-refractivity contribution in [3.05, 3.63) is 32.9 Å². The first-order valence-electron chi connectivity index (χ1n) is 3.98. The van der Waals surface area contributed by atoms with Crippen molar-refractivity contribution >= 4 is 44.3 Å². The molecule has 0 heterocycles. The van der Waals surface area contributed by atoms with Gasteiger partial charge in [-0.15, -0.1) is 0 Å². The average Bonchev–Trinajstić information content (AvgIpc) is 2.18. The number of nitrogens with zero attached hydrogens (tertiary/aromatic N) is 1. The first-order chi connectivity index (χ1) is 6.69. The molecule has 0 aliphatic heterocycles. The molecular weight excluding hydrogens is 357 g/mol. The zero-order valence-corrected chi connectivity index (χ0v) is 11.0. The summed E-state index contributed by atoms with van der Waals surface area (Å²) in [6.45, 7) is 0. The molecule has 0 saturated heterocycles. The molecule has 0 fully saturated rings. The minimum atomic E-state index is 0.101. The molecule has 0 saturated carbocycles. The van der Waals surface area contributed by atoms with Crippen LogP contribution in [0, 0.1) is 14.9 Å². The third-order valence-corrected chi connectivity index (χ3v) is 3.02. The number of halogens is 2. The lowest BCUT2D eigenvalue weighted by molar-refractivity contribution is 0.0990. The van der Waals surface area contributed by atoms with E-state index in [2.05, 4.69) is 44.6 Å². The van der Waals surface area contributed by atoms with Crippen molar-refractivity contribution in [3.63, 3.8) is 0 Å². The lowest BCUT2D eigenvalue weighted by atomic mass is 10.1. The maximum Gasteiger partial charge on any atom is 0.163 e. The third kappa shape index (κ3) is 2.79. The van der Waals surface area contributed by atoms with Gasteiger partial charge in [-0.3, -0.25) is 4.79 Å². The molecule has 0 atom stereocenters. The maximum atomic E-state index is 11.5. The Morgan fingerprint density at radius 2 is 2.29 bits per heavy atom. The summed E-state index contributed by atoms with van der Waals surface area (Å²) >= 11 is 5.28. The van der Waals surface area contributed by atoms with Gasteiger partial charge in [0.1, 0.15) is 6.07 Å². The van der Waals surface area contributed by atoms with E-state index in [9.17, 15) is 4.79 Å². The molecule has 1 rings (SSSR count). The second-order valence-electron chi connectivity index (χ2n) is 2.67. The number of ketones is 1. The van der Waals surface area contributed by atoms with E-state index in [1.54, 1.807) is 18.2 Å². The Bertz CT molecular complexity index is 398. The standard InChI is InChI=1S/C10H7BrINO/c11-4-3-10(14)7-1-2-8(6-13)9(12)5-7/h1-2,5H,3-4H2. The molecule has 14 heavy (non-hydrogen) atoms. The number of rotatable bonds is 3. The van der Waals surface area contributed by atoms with Crippen molar-refractivity contribution in [2.24, 2.45) is 0 Å². The first kappa shape index (κ1) is 11.7. The number of hydrogen-bond donors (Lipinski definition) is 0. The van der Waals surface area contributed by atoms with E-state index in [0.29, 0.717) is 22.9 Å². The fourth-order valence-corrected chi connectivity index (χ4v) is 2.01. The average molecular weight is 364 g/mol. The molecule has 4 heteroatoms. The smallest absolute Gasteiger partial charge is 0.163 e. The Balaban J connectivity index is 2.98. The van der Waals surface area contributed by atoms with Gasteiger partial charge in [0, 0.05) is 20.9 Å². The lowest BCUT2D eigenvalue weighted by Gasteiger charge is -2.00. The number of nitriles is 1. The highest BCUT2D eigenvalue weighted by Crippen LogP contribution is 2.15. The zero-order valence-electron chi connectivity index (χ0n) is 7.26. The Morgan fingerprint density at radius 3 is 2.79 bits per heavy atom. The molecule has 0 N–H and O–H groups in total. The molecule has 0 spiro atoms. The first-order valence-corrected chi connectivity index (χ1v) is 6.18. The summed E-state index contributed by atoms with van der Waals surface area (Å²) in [6, 6.07) is 7.20. The Labute approximate surface area is 105 Å². The van der Waals surface area contributed by atoms with Crippen LogP contribution in [0.4, 0.5) is 0 Å². The van der Waals surface area contributed by atoms with E-state index >= 15 is 0 Å². The number of carbonyl (C=O) groups is 1. The highest BCUT2D eigenvalue weighted by atomic mass is 127. The van der Waals surface area contributed by atoms with Crippen LogP contribution in [0.1, 0.15) is 22.3 Å². The molecule has 0 radical (unpaired) electrons. The van der Waals surface area contributed by atoms with E-state index in [-0.39, 0.29) is 5.78 Å². The van der Waals surface area contributed by atoms with E-state index in [0.717, 1.165) is 3.57 Å². The molecule has 0 aliphatic carbocycles. The number of Topliss-reactive ketones (excluding diaryl/α,β-unsaturated/α-hetero) is 1. The van der Waals surface area contributed by atoms with E-state index in [1.165, 1.54) is 0 Å². The fraction of sp³-hybridized carbons (Fsp3) is 0.200. The Hall–Kier alpha value is -0.410. The summed E-state index contributed by atoms with van der Waals surface area (Å²) in [6.07, 6.45) is 0.488. The van der Waals surface area contributed by atoms with Crippen LogP contribution < -0.4 is 0 Å². The third-order valence-electron chi connectivity index (χ3n) is 1.73. The molecule has 1 aromatic carbocycles. The second-order valence-corrected chi connectivity index (χ2v) is 4.62. The van der Waals surface area contributed by atoms with Crippen LogP contribution in [-0.4, -0.2) is 11.1 Å². The highest BCUT2D eigenvalue weighted by Gasteiger charge is 2.07. The van der Waals surface area contributed by atoms with Gasteiger partial charge in [-0.25, -0.2) is 0 Å². The molecule has 0 amide bonds. The van der Waals surface area contributed by atoms with E-state index < -0.39 is 0 Å². The van der Waals surface area contributed by atoms with Crippen molar-refractivity contribution in [1.82, 2.24) is 0 Å². The molecule has 0 aromatic heterocycles. The summed E-state index contributed by atoms with van der Waals surface area (Å²) in [7, 11) is 0. The van der Waals surface area contributed by atoms with Gasteiger partial charge >= 0.3 is 0 Å². The van der Waals surface area contributed by atoms with Gasteiger partial charge in [0.15, 0.2) is 5.78 Å². The summed E-state index contributed by atoms with van der Waals surface area (Å²) < 4.78 is 0.825. The summed E-state index contributed by atoms with van der Waals surface area (Å²) in [5.41, 5.74) is 1.29. The highest BCUT2D eigenvalue weighted by molar-refractivity contribution is 14.1. The number of alkyl halides is 1. The van der Waals surface area contributed by atoms with Crippen LogP contribution in [-0.2, 0) is 0 Å². The number of benzene rings is 1. The Morgan fingerprint density at radius 1 is 1.57 bits per heavy atom. The maximum absolute atomic E-state index is 11.5. The van der Waals surface area contributed by atoms with Gasteiger partial charge in [-0.2, -0.15) is 5.26 Å². The predicted molar refractivity (Wildman–Crippen MR) is 66.6 cm³/mol. The van der Waals surface area contributed by atoms with Gasteiger partial charge in [0.05, 0.1) is 5.56 Å². The largest absolute Gasteiger partial charge is 0.294 e. The van der Waals surface area contributed by atoms with Crippen molar-refractivity contribution < 1.29 is 4.79 Å². The normalized spacial score (nSPS) is 9.50. The summed E-state index contributed by atoms with van der Waals surface area (Å²) in [5.74, 6) is 0.101. The van der Waals surface area contributed by atoms with Crippen LogP contribution in [0.25, 0.3) is 0 Å². The van der Waals surface area contributed by atoms with E-state index in [1.807, 2.05) is 0 Å². The van der Waals surface area contributed by atoms with Crippen LogP contribution in [0.15, 0.2) is 18.2 Å². The van der Waals surface area contributed by atoms with E-state index in [4.69, 9.17) is 5.26 Å². The summed E-state index contributed by atoms with van der Waals surface area (Å²) in [5, 5.41) is 9.37. The lowest BCUT2D eigenvalue weighted by Crippen LogP contribution is -2.00. The van der Waals surface area contributed by atoms with Crippen molar-refractivity contribution in [1.29, 1.82) is 5.26 Å². The molecule has 0 aliphatic rings. The fourth-order valence-electron chi connectivity index (χ4n) is 1.01. The molecule has 0 unspecified atom stereocenters. The molecule has 0 bridgehead atoms. The molecular formula is C10H7BrINO. The predicted octanol–water partition coefficient (Wildman–Crippen LogP) is 3.13. The Kier molecular flexibility index (Phi) is 4.55. The van der Waals surface area contributed by atoms with Gasteiger partial charge < -0.3 is 0 Å². The molecule has 2 nitrogen and oxygen atoms in total. The van der Waals surface area contributed by atoms with Gasteiger partial charge in [0.25, 0.3) is 0 Å².